The van der Waals surface area contributed by atoms with E-state index in [2.05, 4.69) is 29.9 Å². The summed E-state index contributed by atoms with van der Waals surface area (Å²) in [6.45, 7) is 4.59. The van der Waals surface area contributed by atoms with Crippen LogP contribution in [0.15, 0.2) is 35.8 Å². The van der Waals surface area contributed by atoms with Crippen LogP contribution in [0.25, 0.3) is 10.9 Å². The molecule has 0 radical (unpaired) electrons. The first-order chi connectivity index (χ1) is 11.1. The first-order valence-electron chi connectivity index (χ1n) is 7.78. The van der Waals surface area contributed by atoms with Gasteiger partial charge in [0.15, 0.2) is 0 Å². The summed E-state index contributed by atoms with van der Waals surface area (Å²) in [4.78, 5) is 19.6. The molecule has 4 nitrogen and oxygen atoms in total. The number of ether oxygens (including phenoxy) is 1. The summed E-state index contributed by atoms with van der Waals surface area (Å²) in [5.74, 6) is 0.178. The number of fused-ring (bicyclic) bond motifs is 1. The van der Waals surface area contributed by atoms with E-state index in [4.69, 9.17) is 4.74 Å². The van der Waals surface area contributed by atoms with E-state index in [0.29, 0.717) is 18.9 Å². The second kappa shape index (κ2) is 6.96. The Morgan fingerprint density at radius 1 is 1.35 bits per heavy atom. The number of rotatable bonds is 6. The smallest absolute Gasteiger partial charge is 0.311 e. The first-order valence-corrected chi connectivity index (χ1v) is 8.66. The Kier molecular flexibility index (Phi) is 4.76. The Morgan fingerprint density at radius 3 is 2.96 bits per heavy atom. The topological polar surface area (TPSA) is 55.0 Å². The zero-order valence-electron chi connectivity index (χ0n) is 13.3. The second-order valence-corrected chi connectivity index (χ2v) is 6.73. The van der Waals surface area contributed by atoms with Crippen LogP contribution in [-0.2, 0) is 22.4 Å². The number of nitrogens with zero attached hydrogens (tertiary/aromatic N) is 1. The van der Waals surface area contributed by atoms with Crippen molar-refractivity contribution in [2.75, 3.05) is 6.61 Å². The molecule has 0 saturated carbocycles. The van der Waals surface area contributed by atoms with Gasteiger partial charge in [0.25, 0.3) is 0 Å². The molecule has 1 N–H and O–H groups in total. The van der Waals surface area contributed by atoms with E-state index in [1.54, 1.807) is 11.3 Å². The molecule has 120 valence electrons. The van der Waals surface area contributed by atoms with E-state index in [1.807, 2.05) is 29.8 Å². The van der Waals surface area contributed by atoms with Gasteiger partial charge in [-0.25, -0.2) is 4.98 Å². The van der Waals surface area contributed by atoms with Crippen molar-refractivity contribution in [3.63, 3.8) is 0 Å². The number of carbonyl (C=O) groups excluding carboxylic acids is 1. The fraction of sp³-hybridized carbons (Fsp3) is 0.333. The zero-order chi connectivity index (χ0) is 16.2. The SMILES string of the molecule is CC(C)c1nc(CC(=O)OCCc2c[nH]c3ccccc23)cs1. The van der Waals surface area contributed by atoms with Crippen LogP contribution in [-0.4, -0.2) is 22.5 Å². The van der Waals surface area contributed by atoms with Gasteiger partial charge in [-0.1, -0.05) is 32.0 Å². The number of aromatic amines is 1. The minimum Gasteiger partial charge on any atom is -0.465 e. The molecule has 0 aliphatic heterocycles. The summed E-state index contributed by atoms with van der Waals surface area (Å²) in [7, 11) is 0. The molecule has 2 aromatic heterocycles. The molecule has 0 saturated heterocycles. The summed E-state index contributed by atoms with van der Waals surface area (Å²) >= 11 is 1.60. The number of hydrogen-bond acceptors (Lipinski definition) is 4. The van der Waals surface area contributed by atoms with E-state index in [1.165, 1.54) is 10.9 Å². The average molecular weight is 328 g/mol. The Morgan fingerprint density at radius 2 is 2.17 bits per heavy atom. The predicted molar refractivity (Wildman–Crippen MR) is 92.9 cm³/mol. The van der Waals surface area contributed by atoms with Crippen LogP contribution in [0.4, 0.5) is 0 Å². The van der Waals surface area contributed by atoms with Crippen molar-refractivity contribution in [1.82, 2.24) is 9.97 Å². The van der Waals surface area contributed by atoms with Crippen LogP contribution >= 0.6 is 11.3 Å². The second-order valence-electron chi connectivity index (χ2n) is 5.84. The highest BCUT2D eigenvalue weighted by molar-refractivity contribution is 7.09. The number of para-hydroxylation sites is 1. The number of nitrogens with one attached hydrogen (secondary N) is 1. The zero-order valence-corrected chi connectivity index (χ0v) is 14.2. The molecule has 3 aromatic rings. The molecule has 0 spiro atoms. The van der Waals surface area contributed by atoms with E-state index in [9.17, 15) is 4.79 Å². The third-order valence-corrected chi connectivity index (χ3v) is 4.89. The van der Waals surface area contributed by atoms with Gasteiger partial charge in [0, 0.05) is 34.8 Å². The molecule has 23 heavy (non-hydrogen) atoms. The highest BCUT2D eigenvalue weighted by Crippen LogP contribution is 2.20. The molecule has 3 rings (SSSR count). The Labute approximate surface area is 139 Å². The monoisotopic (exact) mass is 328 g/mol. The van der Waals surface area contributed by atoms with Gasteiger partial charge in [0.05, 0.1) is 23.7 Å². The average Bonchev–Trinajstić information content (AvgIpc) is 3.15. The Balaban J connectivity index is 1.51. The van der Waals surface area contributed by atoms with Crippen LogP contribution in [0, 0.1) is 0 Å². The molecule has 5 heteroatoms. The van der Waals surface area contributed by atoms with E-state index in [0.717, 1.165) is 16.2 Å². The Bertz CT molecular complexity index is 804. The summed E-state index contributed by atoms with van der Waals surface area (Å²) in [6, 6.07) is 8.13. The van der Waals surface area contributed by atoms with Crippen LogP contribution in [0.5, 0.6) is 0 Å². The largest absolute Gasteiger partial charge is 0.465 e. The summed E-state index contributed by atoms with van der Waals surface area (Å²) in [6.07, 6.45) is 2.94. The fourth-order valence-electron chi connectivity index (χ4n) is 2.48. The minimum atomic E-state index is -0.217. The van der Waals surface area contributed by atoms with Gasteiger partial charge in [-0.2, -0.15) is 0 Å². The van der Waals surface area contributed by atoms with Crippen LogP contribution < -0.4 is 0 Å². The van der Waals surface area contributed by atoms with Gasteiger partial charge < -0.3 is 9.72 Å². The highest BCUT2D eigenvalue weighted by Gasteiger charge is 2.11. The molecule has 0 aliphatic carbocycles. The van der Waals surface area contributed by atoms with Gasteiger partial charge in [-0.15, -0.1) is 11.3 Å². The lowest BCUT2D eigenvalue weighted by Gasteiger charge is -2.03. The van der Waals surface area contributed by atoms with Crippen molar-refractivity contribution in [1.29, 1.82) is 0 Å². The number of esters is 1. The van der Waals surface area contributed by atoms with Gasteiger partial charge in [0.2, 0.25) is 0 Å². The maximum absolute atomic E-state index is 11.9. The standard InChI is InChI=1S/C18H20N2O2S/c1-12(2)18-20-14(11-23-18)9-17(21)22-8-7-13-10-19-16-6-4-3-5-15(13)16/h3-6,10-12,19H,7-9H2,1-2H3. The molecule has 1 aromatic carbocycles. The molecule has 2 heterocycles. The van der Waals surface area contributed by atoms with E-state index < -0.39 is 0 Å². The predicted octanol–water partition coefficient (Wildman–Crippen LogP) is 4.08. The normalized spacial score (nSPS) is 11.3. The third kappa shape index (κ3) is 3.79. The molecule has 0 bridgehead atoms. The number of benzene rings is 1. The molecular weight excluding hydrogens is 308 g/mol. The van der Waals surface area contributed by atoms with Gasteiger partial charge in [0.1, 0.15) is 0 Å². The third-order valence-electron chi connectivity index (χ3n) is 3.70. The summed E-state index contributed by atoms with van der Waals surface area (Å²) in [5.41, 5.74) is 3.08. The molecule has 0 unspecified atom stereocenters. The van der Waals surface area contributed by atoms with Crippen molar-refractivity contribution in [2.24, 2.45) is 0 Å². The van der Waals surface area contributed by atoms with Gasteiger partial charge >= 0.3 is 5.97 Å². The van der Waals surface area contributed by atoms with Crippen LogP contribution in [0.2, 0.25) is 0 Å². The van der Waals surface area contributed by atoms with Crippen LogP contribution in [0.3, 0.4) is 0 Å². The van der Waals surface area contributed by atoms with Crippen molar-refractivity contribution >= 4 is 28.2 Å². The molecule has 0 atom stereocenters. The lowest BCUT2D eigenvalue weighted by Crippen LogP contribution is -2.10. The van der Waals surface area contributed by atoms with E-state index in [-0.39, 0.29) is 12.4 Å². The lowest BCUT2D eigenvalue weighted by molar-refractivity contribution is -0.142. The van der Waals surface area contributed by atoms with E-state index >= 15 is 0 Å². The molecule has 0 fully saturated rings. The minimum absolute atomic E-state index is 0.217. The van der Waals surface area contributed by atoms with Crippen molar-refractivity contribution < 1.29 is 9.53 Å². The molecule has 0 amide bonds. The van der Waals surface area contributed by atoms with Gasteiger partial charge in [-0.3, -0.25) is 4.79 Å². The molecule has 0 aliphatic rings. The number of aromatic nitrogens is 2. The maximum Gasteiger partial charge on any atom is 0.311 e. The Hall–Kier alpha value is -2.14. The molecular formula is C18H20N2O2S. The number of thiazole rings is 1. The lowest BCUT2D eigenvalue weighted by atomic mass is 10.1. The maximum atomic E-state index is 11.9. The number of carbonyl (C=O) groups is 1. The fourth-order valence-corrected chi connectivity index (χ4v) is 3.32. The van der Waals surface area contributed by atoms with Gasteiger partial charge in [-0.05, 0) is 11.6 Å². The van der Waals surface area contributed by atoms with Crippen molar-refractivity contribution in [3.8, 4) is 0 Å². The first kappa shape index (κ1) is 15.7. The van der Waals surface area contributed by atoms with Crippen molar-refractivity contribution in [3.05, 3.63) is 52.1 Å². The van der Waals surface area contributed by atoms with Crippen molar-refractivity contribution in [2.45, 2.75) is 32.6 Å². The number of hydrogen-bond donors (Lipinski definition) is 1. The summed E-state index contributed by atoms with van der Waals surface area (Å²) in [5, 5.41) is 4.19. The quantitative estimate of drug-likeness (QED) is 0.694. The number of H-pyrrole nitrogens is 1. The highest BCUT2D eigenvalue weighted by atomic mass is 32.1. The van der Waals surface area contributed by atoms with Crippen LogP contribution in [0.1, 0.15) is 36.0 Å². The summed E-state index contributed by atoms with van der Waals surface area (Å²) < 4.78 is 5.35.